The van der Waals surface area contributed by atoms with Crippen molar-refractivity contribution in [2.45, 2.75) is 37.5 Å². The van der Waals surface area contributed by atoms with Crippen LogP contribution in [-0.2, 0) is 17.6 Å². The van der Waals surface area contributed by atoms with Crippen molar-refractivity contribution in [2.75, 3.05) is 13.2 Å². The molecule has 2 aromatic rings. The first kappa shape index (κ1) is 17.1. The van der Waals surface area contributed by atoms with Crippen LogP contribution in [0.4, 0.5) is 0 Å². The largest absolute Gasteiger partial charge is 0.489 e. The summed E-state index contributed by atoms with van der Waals surface area (Å²) >= 11 is 0. The lowest BCUT2D eigenvalue weighted by Crippen LogP contribution is -2.53. The van der Waals surface area contributed by atoms with Gasteiger partial charge in [0.15, 0.2) is 0 Å². The minimum atomic E-state index is -0.428. The Labute approximate surface area is 153 Å². The van der Waals surface area contributed by atoms with Crippen molar-refractivity contribution < 1.29 is 14.3 Å². The van der Waals surface area contributed by atoms with Crippen molar-refractivity contribution in [3.63, 3.8) is 0 Å². The van der Waals surface area contributed by atoms with Crippen LogP contribution in [0, 0.1) is 0 Å². The highest BCUT2D eigenvalue weighted by molar-refractivity contribution is 5.92. The maximum Gasteiger partial charge on any atom is 0.248 e. The topological polar surface area (TPSA) is 73.6 Å². The first-order valence-electron chi connectivity index (χ1n) is 9.16. The Balaban J connectivity index is 1.40. The van der Waals surface area contributed by atoms with E-state index in [1.165, 1.54) is 11.1 Å². The third kappa shape index (κ3) is 3.74. The number of rotatable bonds is 5. The Hall–Kier alpha value is -2.37. The summed E-state index contributed by atoms with van der Waals surface area (Å²) in [6.07, 6.45) is 2.99. The average molecular weight is 352 g/mol. The molecule has 4 rings (SSSR count). The summed E-state index contributed by atoms with van der Waals surface area (Å²) in [7, 11) is 0. The molecule has 3 N–H and O–H groups in total. The zero-order valence-corrected chi connectivity index (χ0v) is 14.7. The van der Waals surface area contributed by atoms with E-state index in [0.717, 1.165) is 25.0 Å². The number of amides is 1. The maximum absolute atomic E-state index is 11.2. The molecule has 136 valence electrons. The first-order valence-corrected chi connectivity index (χ1v) is 9.16. The van der Waals surface area contributed by atoms with Crippen LogP contribution in [0.5, 0.6) is 5.75 Å². The average Bonchev–Trinajstić information content (AvgIpc) is 3.06. The summed E-state index contributed by atoms with van der Waals surface area (Å²) in [5, 5.41) is 3.74. The van der Waals surface area contributed by atoms with E-state index in [2.05, 4.69) is 29.6 Å². The van der Waals surface area contributed by atoms with E-state index in [1.807, 2.05) is 0 Å². The van der Waals surface area contributed by atoms with Crippen molar-refractivity contribution in [3.05, 3.63) is 65.2 Å². The highest BCUT2D eigenvalue weighted by Crippen LogP contribution is 2.24. The van der Waals surface area contributed by atoms with Crippen molar-refractivity contribution >= 4 is 5.91 Å². The number of carbonyl (C=O) groups is 1. The molecule has 26 heavy (non-hydrogen) atoms. The van der Waals surface area contributed by atoms with Gasteiger partial charge in [0.1, 0.15) is 11.9 Å². The van der Waals surface area contributed by atoms with E-state index in [0.29, 0.717) is 24.8 Å². The fourth-order valence-corrected chi connectivity index (χ4v) is 3.87. The minimum Gasteiger partial charge on any atom is -0.489 e. The van der Waals surface area contributed by atoms with Gasteiger partial charge in [-0.3, -0.25) is 4.79 Å². The van der Waals surface area contributed by atoms with E-state index in [4.69, 9.17) is 15.2 Å². The number of hydrogen-bond donors (Lipinski definition) is 2. The highest BCUT2D eigenvalue weighted by Gasteiger charge is 2.31. The molecule has 2 atom stereocenters. The fourth-order valence-electron chi connectivity index (χ4n) is 3.87. The number of primary amides is 1. The molecule has 2 aromatic carbocycles. The molecule has 0 saturated carbocycles. The van der Waals surface area contributed by atoms with Crippen LogP contribution < -0.4 is 15.8 Å². The fraction of sp³-hybridized carbons (Fsp3) is 0.381. The van der Waals surface area contributed by atoms with E-state index in [-0.39, 0.29) is 12.1 Å². The quantitative estimate of drug-likeness (QED) is 0.864. The molecule has 1 heterocycles. The molecule has 5 nitrogen and oxygen atoms in total. The predicted molar refractivity (Wildman–Crippen MR) is 99.4 cm³/mol. The van der Waals surface area contributed by atoms with Gasteiger partial charge in [-0.25, -0.2) is 0 Å². The Morgan fingerprint density at radius 2 is 1.77 bits per heavy atom. The van der Waals surface area contributed by atoms with Crippen molar-refractivity contribution in [1.29, 1.82) is 0 Å². The lowest BCUT2D eigenvalue weighted by Gasteiger charge is -2.34. The van der Waals surface area contributed by atoms with Crippen molar-refractivity contribution in [2.24, 2.45) is 5.73 Å². The number of nitrogens with one attached hydrogen (secondary N) is 1. The summed E-state index contributed by atoms with van der Waals surface area (Å²) < 4.78 is 11.9. The molecule has 0 aromatic heterocycles. The van der Waals surface area contributed by atoms with Crippen LogP contribution in [0.3, 0.4) is 0 Å². The van der Waals surface area contributed by atoms with Crippen LogP contribution in [-0.4, -0.2) is 37.3 Å². The first-order chi connectivity index (χ1) is 12.7. The molecular formula is C21H24N2O3. The van der Waals surface area contributed by atoms with Crippen LogP contribution in [0.15, 0.2) is 48.5 Å². The molecule has 1 aliphatic heterocycles. The Kier molecular flexibility index (Phi) is 4.91. The summed E-state index contributed by atoms with van der Waals surface area (Å²) in [5.41, 5.74) is 8.64. The molecule has 1 amide bonds. The van der Waals surface area contributed by atoms with Gasteiger partial charge in [-0.05, 0) is 48.2 Å². The summed E-state index contributed by atoms with van der Waals surface area (Å²) in [6.45, 7) is 1.35. The third-order valence-corrected chi connectivity index (χ3v) is 5.22. The molecular weight excluding hydrogens is 328 g/mol. The Morgan fingerprint density at radius 3 is 2.42 bits per heavy atom. The highest BCUT2D eigenvalue weighted by atomic mass is 16.5. The maximum atomic E-state index is 11.2. The number of carbonyl (C=O) groups excluding carboxylic acids is 1. The lowest BCUT2D eigenvalue weighted by molar-refractivity contribution is -0.00721. The van der Waals surface area contributed by atoms with E-state index in [9.17, 15) is 4.79 Å². The van der Waals surface area contributed by atoms with Gasteiger partial charge in [-0.1, -0.05) is 24.3 Å². The van der Waals surface area contributed by atoms with Gasteiger partial charge < -0.3 is 20.5 Å². The molecule has 0 bridgehead atoms. The SMILES string of the molecule is NC(=O)c1ccc(O[C@@H]2CCOC[C@H]2NC2Cc3ccccc3C2)cc1. The molecule has 1 fully saturated rings. The normalized spacial score (nSPS) is 22.8. The second-order valence-corrected chi connectivity index (χ2v) is 7.06. The molecule has 1 saturated heterocycles. The van der Waals surface area contributed by atoms with Gasteiger partial charge in [0.25, 0.3) is 0 Å². The smallest absolute Gasteiger partial charge is 0.248 e. The van der Waals surface area contributed by atoms with Gasteiger partial charge in [-0.2, -0.15) is 0 Å². The zero-order valence-electron chi connectivity index (χ0n) is 14.7. The molecule has 0 unspecified atom stereocenters. The van der Waals surface area contributed by atoms with Gasteiger partial charge in [0.05, 0.1) is 19.3 Å². The molecule has 0 radical (unpaired) electrons. The monoisotopic (exact) mass is 352 g/mol. The standard InChI is InChI=1S/C21H24N2O3/c22-21(24)14-5-7-18(8-6-14)26-20-9-10-25-13-19(20)23-17-11-15-3-1-2-4-16(15)12-17/h1-8,17,19-20,23H,9-13H2,(H2,22,24)/t19-,20-/m1/s1. The lowest BCUT2D eigenvalue weighted by atomic mass is 10.0. The van der Waals surface area contributed by atoms with Crippen LogP contribution in [0.25, 0.3) is 0 Å². The molecule has 1 aliphatic carbocycles. The van der Waals surface area contributed by atoms with Gasteiger partial charge in [0, 0.05) is 18.0 Å². The number of nitrogens with two attached hydrogens (primary N) is 1. The molecule has 2 aliphatic rings. The van der Waals surface area contributed by atoms with Gasteiger partial charge >= 0.3 is 0 Å². The Morgan fingerprint density at radius 1 is 1.08 bits per heavy atom. The molecule has 0 spiro atoms. The van der Waals surface area contributed by atoms with Crippen molar-refractivity contribution in [1.82, 2.24) is 5.32 Å². The van der Waals surface area contributed by atoms with Crippen LogP contribution in [0.1, 0.15) is 27.9 Å². The zero-order chi connectivity index (χ0) is 17.9. The number of fused-ring (bicyclic) bond motifs is 1. The number of ether oxygens (including phenoxy) is 2. The van der Waals surface area contributed by atoms with Gasteiger partial charge in [0.2, 0.25) is 5.91 Å². The summed E-state index contributed by atoms with van der Waals surface area (Å²) in [4.78, 5) is 11.2. The van der Waals surface area contributed by atoms with Crippen LogP contribution >= 0.6 is 0 Å². The predicted octanol–water partition coefficient (Wildman–Crippen LogP) is 2.08. The van der Waals surface area contributed by atoms with E-state index >= 15 is 0 Å². The van der Waals surface area contributed by atoms with Crippen molar-refractivity contribution in [3.8, 4) is 5.75 Å². The molecule has 5 heteroatoms. The number of hydrogen-bond acceptors (Lipinski definition) is 4. The second-order valence-electron chi connectivity index (χ2n) is 7.06. The Bertz CT molecular complexity index is 750. The second kappa shape index (κ2) is 7.48. The summed E-state index contributed by atoms with van der Waals surface area (Å²) in [5.74, 6) is 0.325. The van der Waals surface area contributed by atoms with Crippen LogP contribution in [0.2, 0.25) is 0 Å². The third-order valence-electron chi connectivity index (χ3n) is 5.22. The number of benzene rings is 2. The van der Waals surface area contributed by atoms with Gasteiger partial charge in [-0.15, -0.1) is 0 Å². The summed E-state index contributed by atoms with van der Waals surface area (Å²) in [6, 6.07) is 16.2. The van der Waals surface area contributed by atoms with E-state index < -0.39 is 5.91 Å². The minimum absolute atomic E-state index is 0.0480. The van der Waals surface area contributed by atoms with E-state index in [1.54, 1.807) is 24.3 Å².